The Labute approximate surface area is 67.0 Å². The number of aromatic amines is 1. The number of nitrogens with one attached hydrogen (secondary N) is 1. The van der Waals surface area contributed by atoms with E-state index >= 15 is 0 Å². The third kappa shape index (κ3) is 0.939. The second-order valence-electron chi connectivity index (χ2n) is 2.86. The van der Waals surface area contributed by atoms with Gasteiger partial charge in [0.15, 0.2) is 0 Å². The zero-order valence-electron chi connectivity index (χ0n) is 6.16. The van der Waals surface area contributed by atoms with Crippen molar-refractivity contribution in [3.63, 3.8) is 0 Å². The minimum absolute atomic E-state index is 0.0959. The highest BCUT2D eigenvalue weighted by Gasteiger charge is 2.33. The summed E-state index contributed by atoms with van der Waals surface area (Å²) in [5.74, 6) is -1.32. The van der Waals surface area contributed by atoms with Crippen LogP contribution in [0.15, 0.2) is 9.32 Å². The Kier molecular flexibility index (Phi) is 1.33. The number of H-pyrrole nitrogens is 1. The van der Waals surface area contributed by atoms with E-state index in [2.05, 4.69) is 4.52 Å². The van der Waals surface area contributed by atoms with Crippen LogP contribution in [0.1, 0.15) is 34.9 Å². The fraction of sp³-hybridized carbons (Fsp3) is 0.429. The molecule has 1 fully saturated rings. The Morgan fingerprint density at radius 3 is 2.75 bits per heavy atom. The van der Waals surface area contributed by atoms with E-state index in [1.807, 2.05) is 5.16 Å². The molecule has 1 aliphatic carbocycles. The zero-order chi connectivity index (χ0) is 8.72. The molecule has 0 amide bonds. The molecule has 1 aromatic heterocycles. The highest BCUT2D eigenvalue weighted by Crippen LogP contribution is 2.39. The highest BCUT2D eigenvalue weighted by molar-refractivity contribution is 5.86. The maximum Gasteiger partial charge on any atom is 0.375 e. The third-order valence-corrected chi connectivity index (χ3v) is 1.91. The van der Waals surface area contributed by atoms with Gasteiger partial charge in [-0.1, -0.05) is 0 Å². The lowest BCUT2D eigenvalue weighted by atomic mass is 10.2. The monoisotopic (exact) mass is 169 g/mol. The zero-order valence-corrected chi connectivity index (χ0v) is 6.16. The fourth-order valence-corrected chi connectivity index (χ4v) is 1.21. The largest absolute Gasteiger partial charge is 0.475 e. The first-order chi connectivity index (χ1) is 5.70. The van der Waals surface area contributed by atoms with Gasteiger partial charge in [0, 0.05) is 0 Å². The van der Waals surface area contributed by atoms with Crippen molar-refractivity contribution in [1.29, 1.82) is 0 Å². The molecule has 0 atom stereocenters. The first-order valence-electron chi connectivity index (χ1n) is 3.65. The van der Waals surface area contributed by atoms with Crippen molar-refractivity contribution in [2.75, 3.05) is 0 Å². The van der Waals surface area contributed by atoms with Crippen LogP contribution in [0.25, 0.3) is 0 Å². The van der Waals surface area contributed by atoms with Gasteiger partial charge in [-0.25, -0.2) is 4.79 Å². The summed E-state index contributed by atoms with van der Waals surface area (Å²) in [5, 5.41) is 10.6. The van der Waals surface area contributed by atoms with Gasteiger partial charge >= 0.3 is 5.97 Å². The van der Waals surface area contributed by atoms with Gasteiger partial charge in [0.2, 0.25) is 5.76 Å². The van der Waals surface area contributed by atoms with Crippen LogP contribution in [0.2, 0.25) is 0 Å². The molecule has 5 nitrogen and oxygen atoms in total. The molecule has 1 aliphatic rings. The molecule has 12 heavy (non-hydrogen) atoms. The number of carboxylic acid groups (broad SMARTS) is 1. The summed E-state index contributed by atoms with van der Waals surface area (Å²) in [4.78, 5) is 21.5. The lowest BCUT2D eigenvalue weighted by Gasteiger charge is -1.88. The predicted octanol–water partition coefficient (Wildman–Crippen LogP) is 0.543. The van der Waals surface area contributed by atoms with E-state index in [9.17, 15) is 9.59 Å². The van der Waals surface area contributed by atoms with Gasteiger partial charge in [-0.3, -0.25) is 4.79 Å². The molecule has 0 radical (unpaired) electrons. The van der Waals surface area contributed by atoms with Gasteiger partial charge in [-0.05, 0) is 18.8 Å². The van der Waals surface area contributed by atoms with Crippen LogP contribution in [0.5, 0.6) is 0 Å². The summed E-state index contributed by atoms with van der Waals surface area (Å²) in [6, 6.07) is 0. The van der Waals surface area contributed by atoms with Crippen molar-refractivity contribution in [2.45, 2.75) is 18.8 Å². The Bertz CT molecular complexity index is 371. The van der Waals surface area contributed by atoms with Gasteiger partial charge in [0.05, 0.1) is 5.56 Å². The van der Waals surface area contributed by atoms with Crippen molar-refractivity contribution in [1.82, 2.24) is 5.16 Å². The Hall–Kier alpha value is -1.52. The molecular weight excluding hydrogens is 162 g/mol. The molecule has 0 aliphatic heterocycles. The quantitative estimate of drug-likeness (QED) is 0.676. The third-order valence-electron chi connectivity index (χ3n) is 1.91. The van der Waals surface area contributed by atoms with Crippen molar-refractivity contribution in [2.24, 2.45) is 0 Å². The van der Waals surface area contributed by atoms with Crippen molar-refractivity contribution in [3.05, 3.63) is 21.7 Å². The van der Waals surface area contributed by atoms with Crippen LogP contribution in [-0.2, 0) is 0 Å². The minimum atomic E-state index is -1.18. The summed E-state index contributed by atoms with van der Waals surface area (Å²) >= 11 is 0. The number of aromatic carboxylic acids is 1. The highest BCUT2D eigenvalue weighted by atomic mass is 16.5. The SMILES string of the molecule is O=C(O)c1o[nH]c(=O)c1C1CC1. The number of hydrogen-bond donors (Lipinski definition) is 2. The average molecular weight is 169 g/mol. The minimum Gasteiger partial charge on any atom is -0.475 e. The molecule has 1 aromatic rings. The van der Waals surface area contributed by atoms with Crippen molar-refractivity contribution in [3.8, 4) is 0 Å². The van der Waals surface area contributed by atoms with Crippen LogP contribution >= 0.6 is 0 Å². The molecule has 0 saturated heterocycles. The summed E-state index contributed by atoms with van der Waals surface area (Å²) < 4.78 is 4.52. The maximum absolute atomic E-state index is 11.0. The number of hydrogen-bond acceptors (Lipinski definition) is 3. The Balaban J connectivity index is 2.53. The van der Waals surface area contributed by atoms with E-state index in [-0.39, 0.29) is 11.7 Å². The van der Waals surface area contributed by atoms with Crippen LogP contribution in [0, 0.1) is 0 Å². The standard InChI is InChI=1S/C7H7NO4/c9-6-4(3-1-2-3)5(7(10)11)12-8-6/h3H,1-2H2,(H,8,9)(H,10,11). The number of carbonyl (C=O) groups is 1. The van der Waals surface area contributed by atoms with Gasteiger partial charge in [0.1, 0.15) is 0 Å². The Morgan fingerprint density at radius 2 is 2.25 bits per heavy atom. The summed E-state index contributed by atoms with van der Waals surface area (Å²) in [6.07, 6.45) is 1.76. The second-order valence-corrected chi connectivity index (χ2v) is 2.86. The molecule has 1 saturated carbocycles. The molecule has 2 N–H and O–H groups in total. The van der Waals surface area contributed by atoms with E-state index in [0.29, 0.717) is 5.56 Å². The van der Waals surface area contributed by atoms with E-state index in [1.54, 1.807) is 0 Å². The van der Waals surface area contributed by atoms with E-state index in [0.717, 1.165) is 12.8 Å². The molecule has 0 aromatic carbocycles. The van der Waals surface area contributed by atoms with E-state index in [4.69, 9.17) is 5.11 Å². The average Bonchev–Trinajstić information content (AvgIpc) is 2.75. The van der Waals surface area contributed by atoms with Crippen LogP contribution in [0.3, 0.4) is 0 Å². The van der Waals surface area contributed by atoms with Crippen LogP contribution in [0.4, 0.5) is 0 Å². The number of aromatic nitrogens is 1. The lowest BCUT2D eigenvalue weighted by molar-refractivity contribution is 0.0650. The lowest BCUT2D eigenvalue weighted by Crippen LogP contribution is -2.07. The summed E-state index contributed by atoms with van der Waals surface area (Å²) in [5.41, 5.74) is -0.114. The topological polar surface area (TPSA) is 83.3 Å². The number of carboxylic acids is 1. The Morgan fingerprint density at radius 1 is 1.58 bits per heavy atom. The van der Waals surface area contributed by atoms with Crippen LogP contribution in [-0.4, -0.2) is 16.2 Å². The molecule has 5 heteroatoms. The molecule has 0 unspecified atom stereocenters. The van der Waals surface area contributed by atoms with Gasteiger partial charge in [-0.15, -0.1) is 0 Å². The second kappa shape index (κ2) is 2.23. The van der Waals surface area contributed by atoms with Crippen molar-refractivity contribution >= 4 is 5.97 Å². The molecule has 64 valence electrons. The van der Waals surface area contributed by atoms with Crippen molar-refractivity contribution < 1.29 is 14.4 Å². The molecule has 0 spiro atoms. The molecule has 2 rings (SSSR count). The first-order valence-corrected chi connectivity index (χ1v) is 3.65. The summed E-state index contributed by atoms with van der Waals surface area (Å²) in [6.45, 7) is 0. The van der Waals surface area contributed by atoms with Crippen LogP contribution < -0.4 is 5.56 Å². The van der Waals surface area contributed by atoms with E-state index in [1.165, 1.54) is 0 Å². The maximum atomic E-state index is 11.0. The smallest absolute Gasteiger partial charge is 0.375 e. The molecular formula is C7H7NO4. The van der Waals surface area contributed by atoms with E-state index < -0.39 is 11.5 Å². The van der Waals surface area contributed by atoms with Gasteiger partial charge < -0.3 is 9.63 Å². The normalized spacial score (nSPS) is 16.3. The number of rotatable bonds is 2. The summed E-state index contributed by atoms with van der Waals surface area (Å²) in [7, 11) is 0. The van der Waals surface area contributed by atoms with Gasteiger partial charge in [-0.2, -0.15) is 5.16 Å². The predicted molar refractivity (Wildman–Crippen MR) is 38.3 cm³/mol. The first kappa shape index (κ1) is 7.15. The fourth-order valence-electron chi connectivity index (χ4n) is 1.21. The molecule has 1 heterocycles. The molecule has 0 bridgehead atoms. The van der Waals surface area contributed by atoms with Gasteiger partial charge in [0.25, 0.3) is 5.56 Å².